The van der Waals surface area contributed by atoms with Gasteiger partial charge in [-0.05, 0) is 0 Å². The summed E-state index contributed by atoms with van der Waals surface area (Å²) in [4.78, 5) is 0. The Morgan fingerprint density at radius 1 is 1.88 bits per heavy atom. The Bertz CT molecular complexity index is 80.9. The van der Waals surface area contributed by atoms with Crippen molar-refractivity contribution in [1.82, 2.24) is 0 Å². The summed E-state index contributed by atoms with van der Waals surface area (Å²) < 4.78 is 9.41. The molecular formula is C3H7BO3S. The molecule has 0 aliphatic carbocycles. The molecule has 5 heteroatoms. The van der Waals surface area contributed by atoms with Crippen molar-refractivity contribution in [3.63, 3.8) is 0 Å². The molecule has 0 radical (unpaired) electrons. The van der Waals surface area contributed by atoms with E-state index in [0.29, 0.717) is 12.4 Å². The van der Waals surface area contributed by atoms with Gasteiger partial charge in [0.25, 0.3) is 0 Å². The summed E-state index contributed by atoms with van der Waals surface area (Å²) in [6, 6.07) is 0. The Morgan fingerprint density at radius 2 is 2.62 bits per heavy atom. The van der Waals surface area contributed by atoms with E-state index in [1.807, 2.05) is 0 Å². The van der Waals surface area contributed by atoms with Gasteiger partial charge in [0.2, 0.25) is 0 Å². The molecule has 0 bridgehead atoms. The van der Waals surface area contributed by atoms with Gasteiger partial charge in [-0.3, -0.25) is 0 Å². The Labute approximate surface area is 53.6 Å². The van der Waals surface area contributed by atoms with Crippen LogP contribution in [-0.2, 0) is 9.31 Å². The van der Waals surface area contributed by atoms with Crippen LogP contribution in [0.15, 0.2) is 0 Å². The zero-order valence-corrected chi connectivity index (χ0v) is 5.17. The van der Waals surface area contributed by atoms with Gasteiger partial charge in [-0.15, -0.1) is 0 Å². The average molecular weight is 134 g/mol. The highest BCUT2D eigenvalue weighted by Gasteiger charge is 2.29. The molecule has 1 fully saturated rings. The first-order valence-electron chi connectivity index (χ1n) is 2.39. The SMILES string of the molecule is OB1OCC(CS)O1. The minimum absolute atomic E-state index is 0.0340. The van der Waals surface area contributed by atoms with E-state index >= 15 is 0 Å². The van der Waals surface area contributed by atoms with E-state index in [2.05, 4.69) is 17.3 Å². The lowest BCUT2D eigenvalue weighted by Crippen LogP contribution is -2.16. The normalized spacial score (nSPS) is 29.2. The monoisotopic (exact) mass is 134 g/mol. The topological polar surface area (TPSA) is 38.7 Å². The molecule has 0 aromatic rings. The summed E-state index contributed by atoms with van der Waals surface area (Å²) in [5.74, 6) is 0.594. The lowest BCUT2D eigenvalue weighted by molar-refractivity contribution is 0.229. The van der Waals surface area contributed by atoms with E-state index in [0.717, 1.165) is 0 Å². The molecule has 1 atom stereocenters. The second-order valence-corrected chi connectivity index (χ2v) is 1.95. The quantitative estimate of drug-likeness (QED) is 0.368. The maximum Gasteiger partial charge on any atom is 0.637 e. The molecule has 1 heterocycles. The molecular weight excluding hydrogens is 127 g/mol. The Hall–Kier alpha value is 0.295. The van der Waals surface area contributed by atoms with Gasteiger partial charge < -0.3 is 14.3 Å². The second kappa shape index (κ2) is 2.73. The fraction of sp³-hybridized carbons (Fsp3) is 1.00. The molecule has 0 spiro atoms. The van der Waals surface area contributed by atoms with Gasteiger partial charge in [0, 0.05) is 5.75 Å². The van der Waals surface area contributed by atoms with Gasteiger partial charge in [0.1, 0.15) is 0 Å². The zero-order valence-electron chi connectivity index (χ0n) is 4.28. The molecule has 8 heavy (non-hydrogen) atoms. The van der Waals surface area contributed by atoms with Crippen LogP contribution in [0.5, 0.6) is 0 Å². The summed E-state index contributed by atoms with van der Waals surface area (Å²) in [5, 5.41) is 8.55. The summed E-state index contributed by atoms with van der Waals surface area (Å²) in [5.41, 5.74) is 0. The van der Waals surface area contributed by atoms with Gasteiger partial charge in [-0.1, -0.05) is 0 Å². The van der Waals surface area contributed by atoms with Crippen molar-refractivity contribution in [2.75, 3.05) is 12.4 Å². The standard InChI is InChI=1S/C3H7BO3S/c5-4-6-1-3(2-8)7-4/h3,5,8H,1-2H2. The summed E-state index contributed by atoms with van der Waals surface area (Å²) in [6.07, 6.45) is -0.0340. The highest BCUT2D eigenvalue weighted by Crippen LogP contribution is 2.06. The Morgan fingerprint density at radius 3 is 2.88 bits per heavy atom. The van der Waals surface area contributed by atoms with Gasteiger partial charge in [-0.25, -0.2) is 0 Å². The molecule has 1 aliphatic heterocycles. The van der Waals surface area contributed by atoms with Crippen LogP contribution in [0.1, 0.15) is 0 Å². The van der Waals surface area contributed by atoms with Gasteiger partial charge in [0.05, 0.1) is 12.7 Å². The van der Waals surface area contributed by atoms with Crippen LogP contribution in [0.3, 0.4) is 0 Å². The van der Waals surface area contributed by atoms with Crippen molar-refractivity contribution in [3.05, 3.63) is 0 Å². The van der Waals surface area contributed by atoms with Crippen LogP contribution < -0.4 is 0 Å². The minimum atomic E-state index is -1.02. The van der Waals surface area contributed by atoms with Crippen LogP contribution >= 0.6 is 12.6 Å². The van der Waals surface area contributed by atoms with E-state index < -0.39 is 7.32 Å². The summed E-state index contributed by atoms with van der Waals surface area (Å²) in [6.45, 7) is 0.449. The molecule has 0 saturated carbocycles. The Kier molecular flexibility index (Phi) is 2.19. The lowest BCUT2D eigenvalue weighted by Gasteiger charge is -1.99. The van der Waals surface area contributed by atoms with Crippen molar-refractivity contribution in [3.8, 4) is 0 Å². The highest BCUT2D eigenvalue weighted by molar-refractivity contribution is 7.80. The van der Waals surface area contributed by atoms with Crippen molar-refractivity contribution < 1.29 is 14.3 Å². The molecule has 3 nitrogen and oxygen atoms in total. The first-order chi connectivity index (χ1) is 3.83. The van der Waals surface area contributed by atoms with E-state index in [9.17, 15) is 0 Å². The van der Waals surface area contributed by atoms with Crippen LogP contribution in [0.2, 0.25) is 0 Å². The fourth-order valence-corrected chi connectivity index (χ4v) is 0.720. The summed E-state index contributed by atoms with van der Waals surface area (Å²) >= 11 is 3.94. The van der Waals surface area contributed by atoms with Crippen molar-refractivity contribution >= 4 is 20.0 Å². The molecule has 1 rings (SSSR count). The maximum atomic E-state index is 8.55. The molecule has 0 amide bonds. The summed E-state index contributed by atoms with van der Waals surface area (Å²) in [7, 11) is -1.02. The Balaban J connectivity index is 2.22. The first kappa shape index (κ1) is 6.42. The van der Waals surface area contributed by atoms with Crippen LogP contribution in [-0.4, -0.2) is 30.8 Å². The first-order valence-corrected chi connectivity index (χ1v) is 3.02. The number of thiol groups is 1. The van der Waals surface area contributed by atoms with Crippen molar-refractivity contribution in [2.45, 2.75) is 6.10 Å². The molecule has 0 aromatic heterocycles. The van der Waals surface area contributed by atoms with Gasteiger partial charge in [0.15, 0.2) is 0 Å². The third kappa shape index (κ3) is 1.38. The maximum absolute atomic E-state index is 8.55. The van der Waals surface area contributed by atoms with E-state index in [4.69, 9.17) is 9.68 Å². The number of hydrogen-bond donors (Lipinski definition) is 2. The smallest absolute Gasteiger partial charge is 0.402 e. The van der Waals surface area contributed by atoms with Crippen molar-refractivity contribution in [2.24, 2.45) is 0 Å². The number of rotatable bonds is 1. The highest BCUT2D eigenvalue weighted by atomic mass is 32.1. The zero-order chi connectivity index (χ0) is 5.98. The second-order valence-electron chi connectivity index (χ2n) is 1.58. The van der Waals surface area contributed by atoms with Gasteiger partial charge >= 0.3 is 7.32 Å². The van der Waals surface area contributed by atoms with E-state index in [1.165, 1.54) is 0 Å². The fourth-order valence-electron chi connectivity index (χ4n) is 0.529. The third-order valence-corrected chi connectivity index (χ3v) is 1.34. The number of hydrogen-bond acceptors (Lipinski definition) is 4. The van der Waals surface area contributed by atoms with E-state index in [-0.39, 0.29) is 6.10 Å². The van der Waals surface area contributed by atoms with Crippen molar-refractivity contribution in [1.29, 1.82) is 0 Å². The average Bonchev–Trinajstić information content (AvgIpc) is 2.14. The molecule has 1 N–H and O–H groups in total. The lowest BCUT2D eigenvalue weighted by atomic mass is 10.3. The van der Waals surface area contributed by atoms with Crippen LogP contribution in [0, 0.1) is 0 Å². The predicted octanol–water partition coefficient (Wildman–Crippen LogP) is -0.691. The van der Waals surface area contributed by atoms with Gasteiger partial charge in [-0.2, -0.15) is 12.6 Å². The predicted molar refractivity (Wildman–Crippen MR) is 32.7 cm³/mol. The minimum Gasteiger partial charge on any atom is -0.402 e. The largest absolute Gasteiger partial charge is 0.637 e. The third-order valence-electron chi connectivity index (χ3n) is 0.937. The van der Waals surface area contributed by atoms with E-state index in [1.54, 1.807) is 0 Å². The van der Waals surface area contributed by atoms with Crippen LogP contribution in [0.25, 0.3) is 0 Å². The molecule has 0 aromatic carbocycles. The molecule has 1 aliphatic rings. The molecule has 1 saturated heterocycles. The molecule has 1 unspecified atom stereocenters. The molecule has 46 valence electrons. The van der Waals surface area contributed by atoms with Crippen LogP contribution in [0.4, 0.5) is 0 Å².